The van der Waals surface area contributed by atoms with E-state index in [2.05, 4.69) is 0 Å². The highest BCUT2D eigenvalue weighted by Crippen LogP contribution is 2.27. The summed E-state index contributed by atoms with van der Waals surface area (Å²) in [5, 5.41) is 0. The van der Waals surface area contributed by atoms with Crippen molar-refractivity contribution in [1.29, 1.82) is 0 Å². The smallest absolute Gasteiger partial charge is 0.243 e. The molecule has 1 saturated heterocycles. The number of anilines is 1. The third-order valence-electron chi connectivity index (χ3n) is 5.09. The third-order valence-corrected chi connectivity index (χ3v) is 7.01. The number of likely N-dealkylation sites (N-methyl/N-ethyl adjacent to an activating group) is 1. The van der Waals surface area contributed by atoms with Gasteiger partial charge >= 0.3 is 0 Å². The third kappa shape index (κ3) is 4.20. The highest BCUT2D eigenvalue weighted by atomic mass is 32.2. The second kappa shape index (κ2) is 8.32. The lowest BCUT2D eigenvalue weighted by atomic mass is 10.1. The van der Waals surface area contributed by atoms with Crippen molar-refractivity contribution in [3.05, 3.63) is 60.2 Å². The fourth-order valence-electron chi connectivity index (χ4n) is 3.51. The molecule has 1 aliphatic heterocycles. The summed E-state index contributed by atoms with van der Waals surface area (Å²) >= 11 is 0. The minimum atomic E-state index is -3.67. The summed E-state index contributed by atoms with van der Waals surface area (Å²) in [5.74, 6) is -0.159. The van der Waals surface area contributed by atoms with Crippen molar-refractivity contribution in [2.45, 2.75) is 30.3 Å². The zero-order chi connectivity index (χ0) is 20.3. The van der Waals surface area contributed by atoms with Gasteiger partial charge in [-0.25, -0.2) is 8.42 Å². The van der Waals surface area contributed by atoms with Crippen LogP contribution in [0.15, 0.2) is 59.5 Å². The summed E-state index contributed by atoms with van der Waals surface area (Å²) in [6.45, 7) is 0.821. The molecule has 1 unspecified atom stereocenters. The number of carbonyl (C=O) groups excluding carboxylic acids is 1. The Balaban J connectivity index is 1.73. The number of sulfonamides is 1. The largest absolute Gasteiger partial charge is 0.378 e. The molecule has 3 rings (SSSR count). The van der Waals surface area contributed by atoms with E-state index < -0.39 is 16.1 Å². The summed E-state index contributed by atoms with van der Waals surface area (Å²) in [4.78, 5) is 16.9. The van der Waals surface area contributed by atoms with Gasteiger partial charge in [0, 0.05) is 39.9 Å². The van der Waals surface area contributed by atoms with E-state index in [1.54, 1.807) is 42.3 Å². The van der Waals surface area contributed by atoms with E-state index in [1.807, 2.05) is 43.3 Å². The lowest BCUT2D eigenvalue weighted by Crippen LogP contribution is -2.46. The molecule has 2 aromatic carbocycles. The average molecular weight is 402 g/mol. The molecule has 0 bridgehead atoms. The number of amides is 1. The molecule has 0 saturated carbocycles. The van der Waals surface area contributed by atoms with Crippen molar-refractivity contribution in [2.75, 3.05) is 32.6 Å². The lowest BCUT2D eigenvalue weighted by molar-refractivity contribution is -0.133. The van der Waals surface area contributed by atoms with E-state index in [9.17, 15) is 13.2 Å². The van der Waals surface area contributed by atoms with Crippen molar-refractivity contribution in [3.63, 3.8) is 0 Å². The summed E-state index contributed by atoms with van der Waals surface area (Å²) < 4.78 is 27.3. The Hall–Kier alpha value is -2.38. The molecule has 1 atom stereocenters. The van der Waals surface area contributed by atoms with Crippen LogP contribution in [0.2, 0.25) is 0 Å². The first-order chi connectivity index (χ1) is 13.3. The Morgan fingerprint density at radius 2 is 1.68 bits per heavy atom. The Morgan fingerprint density at radius 1 is 1.04 bits per heavy atom. The quantitative estimate of drug-likeness (QED) is 0.746. The van der Waals surface area contributed by atoms with Gasteiger partial charge < -0.3 is 9.80 Å². The van der Waals surface area contributed by atoms with Crippen LogP contribution in [-0.4, -0.2) is 57.3 Å². The Kier molecular flexibility index (Phi) is 6.05. The molecule has 0 radical (unpaired) electrons. The predicted octanol–water partition coefficient (Wildman–Crippen LogP) is 2.56. The molecule has 0 aromatic heterocycles. The predicted molar refractivity (Wildman–Crippen MR) is 111 cm³/mol. The van der Waals surface area contributed by atoms with Crippen LogP contribution < -0.4 is 4.90 Å². The highest BCUT2D eigenvalue weighted by molar-refractivity contribution is 7.89. The molecule has 1 heterocycles. The average Bonchev–Trinajstić information content (AvgIpc) is 3.19. The number of nitrogens with zero attached hydrogens (tertiary/aromatic N) is 3. The molecule has 0 aliphatic carbocycles. The second-order valence-corrected chi connectivity index (χ2v) is 9.23. The molecule has 0 spiro atoms. The molecule has 0 N–H and O–H groups in total. The normalized spacial score (nSPS) is 17.5. The Morgan fingerprint density at radius 3 is 2.29 bits per heavy atom. The SMILES string of the molecule is CN(Cc1ccc(N(C)C)cc1)C(=O)C1CCCN1S(=O)(=O)c1ccccc1. The van der Waals surface area contributed by atoms with Gasteiger partial charge in [0.15, 0.2) is 0 Å². The summed E-state index contributed by atoms with van der Waals surface area (Å²) in [7, 11) is 2.01. The molecule has 6 nitrogen and oxygen atoms in total. The van der Waals surface area contributed by atoms with E-state index in [0.29, 0.717) is 25.9 Å². The van der Waals surface area contributed by atoms with Gasteiger partial charge in [-0.05, 0) is 42.7 Å². The zero-order valence-corrected chi connectivity index (χ0v) is 17.4. The van der Waals surface area contributed by atoms with Crippen LogP contribution in [0.5, 0.6) is 0 Å². The van der Waals surface area contributed by atoms with Gasteiger partial charge in [-0.3, -0.25) is 4.79 Å². The van der Waals surface area contributed by atoms with Gasteiger partial charge in [-0.2, -0.15) is 4.31 Å². The molecular formula is C21H27N3O3S. The fraction of sp³-hybridized carbons (Fsp3) is 0.381. The minimum Gasteiger partial charge on any atom is -0.378 e. The van der Waals surface area contributed by atoms with Crippen LogP contribution in [0.25, 0.3) is 0 Å². The van der Waals surface area contributed by atoms with Crippen molar-refractivity contribution in [3.8, 4) is 0 Å². The van der Waals surface area contributed by atoms with Crippen LogP contribution in [0.4, 0.5) is 5.69 Å². The Bertz CT molecular complexity index is 912. The van der Waals surface area contributed by atoms with Crippen LogP contribution in [-0.2, 0) is 21.4 Å². The monoisotopic (exact) mass is 401 g/mol. The van der Waals surface area contributed by atoms with Gasteiger partial charge in [0.25, 0.3) is 0 Å². The van der Waals surface area contributed by atoms with Gasteiger partial charge in [-0.15, -0.1) is 0 Å². The number of rotatable bonds is 6. The fourth-order valence-corrected chi connectivity index (χ4v) is 5.18. The van der Waals surface area contributed by atoms with E-state index in [4.69, 9.17) is 0 Å². The van der Waals surface area contributed by atoms with Crippen molar-refractivity contribution in [2.24, 2.45) is 0 Å². The maximum absolute atomic E-state index is 13.0. The Labute approximate surface area is 167 Å². The van der Waals surface area contributed by atoms with E-state index in [1.165, 1.54) is 4.31 Å². The topological polar surface area (TPSA) is 60.9 Å². The number of benzene rings is 2. The van der Waals surface area contributed by atoms with Gasteiger partial charge in [0.05, 0.1) is 4.90 Å². The van der Waals surface area contributed by atoms with E-state index in [-0.39, 0.29) is 10.8 Å². The van der Waals surface area contributed by atoms with E-state index in [0.717, 1.165) is 11.3 Å². The second-order valence-electron chi connectivity index (χ2n) is 7.34. The summed E-state index contributed by atoms with van der Waals surface area (Å²) in [6, 6.07) is 15.7. The molecule has 28 heavy (non-hydrogen) atoms. The highest BCUT2D eigenvalue weighted by Gasteiger charge is 2.40. The van der Waals surface area contributed by atoms with Gasteiger partial charge in [0.1, 0.15) is 6.04 Å². The number of hydrogen-bond acceptors (Lipinski definition) is 4. The first kappa shape index (κ1) is 20.4. The van der Waals surface area contributed by atoms with Gasteiger partial charge in [-0.1, -0.05) is 30.3 Å². The lowest BCUT2D eigenvalue weighted by Gasteiger charge is -2.27. The molecule has 2 aromatic rings. The summed E-state index contributed by atoms with van der Waals surface area (Å²) in [5.41, 5.74) is 2.10. The van der Waals surface area contributed by atoms with Crippen molar-refractivity contribution >= 4 is 21.6 Å². The van der Waals surface area contributed by atoms with Crippen LogP contribution in [0.3, 0.4) is 0 Å². The van der Waals surface area contributed by atoms with Crippen molar-refractivity contribution in [1.82, 2.24) is 9.21 Å². The molecule has 7 heteroatoms. The first-order valence-electron chi connectivity index (χ1n) is 9.39. The van der Waals surface area contributed by atoms with Crippen LogP contribution in [0.1, 0.15) is 18.4 Å². The molecular weight excluding hydrogens is 374 g/mol. The standard InChI is InChI=1S/C21H27N3O3S/c1-22(2)18-13-11-17(12-14-18)16-23(3)21(25)20-10-7-15-24(20)28(26,27)19-8-5-4-6-9-19/h4-6,8-9,11-14,20H,7,10,15-16H2,1-3H3. The van der Waals surface area contributed by atoms with Gasteiger partial charge in [0.2, 0.25) is 15.9 Å². The van der Waals surface area contributed by atoms with Crippen LogP contribution >= 0.6 is 0 Å². The molecule has 150 valence electrons. The molecule has 1 aliphatic rings. The number of carbonyl (C=O) groups is 1. The van der Waals surface area contributed by atoms with E-state index >= 15 is 0 Å². The minimum absolute atomic E-state index is 0.159. The first-order valence-corrected chi connectivity index (χ1v) is 10.8. The summed E-state index contributed by atoms with van der Waals surface area (Å²) in [6.07, 6.45) is 1.24. The number of hydrogen-bond donors (Lipinski definition) is 0. The maximum Gasteiger partial charge on any atom is 0.243 e. The molecule has 1 amide bonds. The zero-order valence-electron chi connectivity index (χ0n) is 16.6. The van der Waals surface area contributed by atoms with Crippen LogP contribution in [0, 0.1) is 0 Å². The maximum atomic E-state index is 13.0. The molecule has 1 fully saturated rings. The van der Waals surface area contributed by atoms with Crippen molar-refractivity contribution < 1.29 is 13.2 Å².